The molecule has 61 heavy (non-hydrogen) atoms. The highest BCUT2D eigenvalue weighted by Gasteiger charge is 2.17. The fourth-order valence-electron chi connectivity index (χ4n) is 7.40. The SMILES string of the molecule is CC/C=C\C/C=C\C/C=C\C/C=C\C/C=C\C/C=C\C/C=C\CCCC(=O)NC(CO)C(O)/C=C/CCCCCCCCCCCCCCCCCCCCCCCCCC. The summed E-state index contributed by atoms with van der Waals surface area (Å²) in [4.78, 5) is 12.4. The summed E-state index contributed by atoms with van der Waals surface area (Å²) in [7, 11) is 0. The average Bonchev–Trinajstić information content (AvgIpc) is 3.26. The van der Waals surface area contributed by atoms with Crippen LogP contribution < -0.4 is 5.32 Å². The van der Waals surface area contributed by atoms with Crippen molar-refractivity contribution < 1.29 is 15.0 Å². The number of hydrogen-bond donors (Lipinski definition) is 3. The third-order valence-electron chi connectivity index (χ3n) is 11.3. The summed E-state index contributed by atoms with van der Waals surface area (Å²) in [6, 6.07) is -0.661. The second-order valence-corrected chi connectivity index (χ2v) is 17.2. The van der Waals surface area contributed by atoms with Crippen LogP contribution in [0.3, 0.4) is 0 Å². The Morgan fingerprint density at radius 3 is 1.07 bits per heavy atom. The Hall–Kier alpha value is -2.69. The Labute approximate surface area is 379 Å². The second kappa shape index (κ2) is 51.7. The van der Waals surface area contributed by atoms with Crippen LogP contribution in [0.15, 0.2) is 97.2 Å². The van der Waals surface area contributed by atoms with Crippen molar-refractivity contribution in [3.63, 3.8) is 0 Å². The quantitative estimate of drug-likeness (QED) is 0.0422. The molecule has 0 heterocycles. The maximum Gasteiger partial charge on any atom is 0.220 e. The lowest BCUT2D eigenvalue weighted by Crippen LogP contribution is -2.45. The molecular formula is C57H99NO3. The van der Waals surface area contributed by atoms with Gasteiger partial charge in [0, 0.05) is 6.42 Å². The normalized spacial score (nSPS) is 13.7. The monoisotopic (exact) mass is 846 g/mol. The molecule has 350 valence electrons. The number of rotatable bonds is 46. The van der Waals surface area contributed by atoms with Crippen LogP contribution in [-0.2, 0) is 4.79 Å². The molecule has 0 bridgehead atoms. The molecule has 0 aliphatic rings. The Morgan fingerprint density at radius 2 is 0.721 bits per heavy atom. The van der Waals surface area contributed by atoms with Gasteiger partial charge in [-0.3, -0.25) is 4.79 Å². The van der Waals surface area contributed by atoms with E-state index in [4.69, 9.17) is 0 Å². The first-order chi connectivity index (χ1) is 30.2. The van der Waals surface area contributed by atoms with E-state index in [1.807, 2.05) is 6.08 Å². The second-order valence-electron chi connectivity index (χ2n) is 17.2. The topological polar surface area (TPSA) is 69.6 Å². The van der Waals surface area contributed by atoms with Crippen molar-refractivity contribution in [1.29, 1.82) is 0 Å². The van der Waals surface area contributed by atoms with E-state index < -0.39 is 12.1 Å². The molecule has 4 heteroatoms. The van der Waals surface area contributed by atoms with Crippen molar-refractivity contribution in [3.05, 3.63) is 97.2 Å². The molecule has 0 saturated carbocycles. The Balaban J connectivity index is 3.65. The van der Waals surface area contributed by atoms with Gasteiger partial charge in [0.05, 0.1) is 18.8 Å². The number of aliphatic hydroxyl groups excluding tert-OH is 2. The molecular weight excluding hydrogens is 747 g/mol. The Morgan fingerprint density at radius 1 is 0.410 bits per heavy atom. The van der Waals surface area contributed by atoms with Crippen molar-refractivity contribution in [2.24, 2.45) is 0 Å². The van der Waals surface area contributed by atoms with Crippen molar-refractivity contribution in [1.82, 2.24) is 5.32 Å². The fraction of sp³-hybridized carbons (Fsp3) is 0.702. The Kier molecular flexibility index (Phi) is 49.4. The number of allylic oxidation sites excluding steroid dienone is 15. The number of amides is 1. The minimum absolute atomic E-state index is 0.123. The van der Waals surface area contributed by atoms with E-state index in [2.05, 4.69) is 104 Å². The lowest BCUT2D eigenvalue weighted by atomic mass is 10.0. The van der Waals surface area contributed by atoms with Gasteiger partial charge in [0.15, 0.2) is 0 Å². The third kappa shape index (κ3) is 48.2. The first-order valence-electron chi connectivity index (χ1n) is 26.0. The zero-order valence-electron chi connectivity index (χ0n) is 40.2. The lowest BCUT2D eigenvalue weighted by molar-refractivity contribution is -0.122. The zero-order chi connectivity index (χ0) is 44.2. The third-order valence-corrected chi connectivity index (χ3v) is 11.3. The van der Waals surface area contributed by atoms with Gasteiger partial charge >= 0.3 is 0 Å². The highest BCUT2D eigenvalue weighted by molar-refractivity contribution is 5.76. The summed E-state index contributed by atoms with van der Waals surface area (Å²) in [5.74, 6) is -0.123. The van der Waals surface area contributed by atoms with Crippen LogP contribution in [0.2, 0.25) is 0 Å². The molecule has 4 nitrogen and oxygen atoms in total. The molecule has 2 atom stereocenters. The smallest absolute Gasteiger partial charge is 0.220 e. The van der Waals surface area contributed by atoms with Crippen LogP contribution in [-0.4, -0.2) is 34.9 Å². The molecule has 2 unspecified atom stereocenters. The van der Waals surface area contributed by atoms with Crippen molar-refractivity contribution in [2.75, 3.05) is 6.61 Å². The van der Waals surface area contributed by atoms with Crippen LogP contribution >= 0.6 is 0 Å². The summed E-state index contributed by atoms with van der Waals surface area (Å²) in [6.45, 7) is 4.18. The van der Waals surface area contributed by atoms with Crippen LogP contribution in [0.5, 0.6) is 0 Å². The lowest BCUT2D eigenvalue weighted by Gasteiger charge is -2.19. The van der Waals surface area contributed by atoms with E-state index in [9.17, 15) is 15.0 Å². The molecule has 0 rings (SSSR count). The van der Waals surface area contributed by atoms with E-state index in [-0.39, 0.29) is 12.5 Å². The molecule has 0 aromatic rings. The van der Waals surface area contributed by atoms with Crippen molar-refractivity contribution in [2.45, 2.75) is 251 Å². The van der Waals surface area contributed by atoms with Gasteiger partial charge < -0.3 is 15.5 Å². The number of hydrogen-bond acceptors (Lipinski definition) is 3. The Bertz CT molecular complexity index is 1140. The molecule has 0 aromatic carbocycles. The number of carbonyl (C=O) groups excluding carboxylic acids is 1. The number of aliphatic hydroxyl groups is 2. The summed E-state index contributed by atoms with van der Waals surface area (Å²) in [6.07, 6.45) is 76.9. The molecule has 0 fully saturated rings. The van der Waals surface area contributed by atoms with Gasteiger partial charge in [0.1, 0.15) is 0 Å². The maximum absolute atomic E-state index is 12.4. The molecule has 1 amide bonds. The van der Waals surface area contributed by atoms with Gasteiger partial charge in [-0.15, -0.1) is 0 Å². The van der Waals surface area contributed by atoms with Gasteiger partial charge in [-0.25, -0.2) is 0 Å². The van der Waals surface area contributed by atoms with E-state index in [1.54, 1.807) is 6.08 Å². The van der Waals surface area contributed by atoms with E-state index in [0.717, 1.165) is 70.6 Å². The van der Waals surface area contributed by atoms with Crippen LogP contribution in [0.1, 0.15) is 239 Å². The van der Waals surface area contributed by atoms with Gasteiger partial charge in [-0.1, -0.05) is 259 Å². The summed E-state index contributed by atoms with van der Waals surface area (Å²) >= 11 is 0. The molecule has 0 spiro atoms. The van der Waals surface area contributed by atoms with E-state index in [0.29, 0.717) is 6.42 Å². The molecule has 0 aromatic heterocycles. The van der Waals surface area contributed by atoms with Gasteiger partial charge in [-0.05, 0) is 70.6 Å². The standard InChI is InChI=1S/C57H99NO3/c1-3-5-7-9-11-13-15-17-19-21-23-25-27-28-29-31-32-34-36-38-40-42-44-46-48-50-52-56(60)55(54-59)58-57(61)53-51-49-47-45-43-41-39-37-35-33-30-26-24-22-20-18-16-14-12-10-8-6-4-2/h6,8,12,14,18,20,24,26,33,35,39,41,45,47,50,52,55-56,59-60H,3-5,7,9-11,13,15-17,19,21-23,25,27-32,34,36-38,40,42-44,46,48-49,51,53-54H2,1-2H3,(H,58,61)/b8-6-,14-12-,20-18-,26-24-,35-33-,41-39-,47-45-,52-50+. The number of carbonyl (C=O) groups is 1. The first kappa shape index (κ1) is 58.3. The van der Waals surface area contributed by atoms with Crippen LogP contribution in [0.25, 0.3) is 0 Å². The minimum Gasteiger partial charge on any atom is -0.394 e. The number of unbranched alkanes of at least 4 members (excludes halogenated alkanes) is 25. The average molecular weight is 846 g/mol. The van der Waals surface area contributed by atoms with Crippen molar-refractivity contribution in [3.8, 4) is 0 Å². The maximum atomic E-state index is 12.4. The first-order valence-corrected chi connectivity index (χ1v) is 26.0. The van der Waals surface area contributed by atoms with Crippen LogP contribution in [0.4, 0.5) is 0 Å². The highest BCUT2D eigenvalue weighted by Crippen LogP contribution is 2.16. The number of nitrogens with one attached hydrogen (secondary N) is 1. The predicted molar refractivity (Wildman–Crippen MR) is 271 cm³/mol. The van der Waals surface area contributed by atoms with Gasteiger partial charge in [0.2, 0.25) is 5.91 Å². The van der Waals surface area contributed by atoms with Crippen molar-refractivity contribution >= 4 is 5.91 Å². The molecule has 0 radical (unpaired) electrons. The molecule has 0 saturated heterocycles. The summed E-state index contributed by atoms with van der Waals surface area (Å²) in [5.41, 5.74) is 0. The summed E-state index contributed by atoms with van der Waals surface area (Å²) < 4.78 is 0. The van der Waals surface area contributed by atoms with Crippen LogP contribution in [0, 0.1) is 0 Å². The van der Waals surface area contributed by atoms with E-state index >= 15 is 0 Å². The molecule has 0 aliphatic carbocycles. The largest absolute Gasteiger partial charge is 0.394 e. The minimum atomic E-state index is -0.871. The van der Waals surface area contributed by atoms with Gasteiger partial charge in [-0.2, -0.15) is 0 Å². The van der Waals surface area contributed by atoms with E-state index in [1.165, 1.54) is 148 Å². The molecule has 0 aliphatic heterocycles. The van der Waals surface area contributed by atoms with Gasteiger partial charge in [0.25, 0.3) is 0 Å². The highest BCUT2D eigenvalue weighted by atomic mass is 16.3. The summed E-state index contributed by atoms with van der Waals surface area (Å²) in [5, 5.41) is 23.1. The molecule has 3 N–H and O–H groups in total. The fourth-order valence-corrected chi connectivity index (χ4v) is 7.40. The zero-order valence-corrected chi connectivity index (χ0v) is 40.2. The predicted octanol–water partition coefficient (Wildman–Crippen LogP) is 17.0.